The summed E-state index contributed by atoms with van der Waals surface area (Å²) in [7, 11) is 0. The van der Waals surface area contributed by atoms with Crippen LogP contribution in [-0.2, 0) is 4.74 Å². The number of anilines is 1. The molecule has 0 atom stereocenters. The van der Waals surface area contributed by atoms with E-state index in [1.54, 1.807) is 11.3 Å². The molecule has 5 nitrogen and oxygen atoms in total. The number of carbonyl (C=O) groups is 2. The Morgan fingerprint density at radius 2 is 1.87 bits per heavy atom. The number of nitrogens with one attached hydrogen (secondary N) is 1. The highest BCUT2D eigenvalue weighted by molar-refractivity contribution is 9.10. The molecule has 156 valence electrons. The van der Waals surface area contributed by atoms with Gasteiger partial charge in [-0.2, -0.15) is 0 Å². The minimum Gasteiger partial charge on any atom is -0.448 e. The second kappa shape index (κ2) is 9.73. The number of ketones is 1. The van der Waals surface area contributed by atoms with Gasteiger partial charge in [-0.3, -0.25) is 15.0 Å². The van der Waals surface area contributed by atoms with E-state index in [1.807, 2.05) is 53.9 Å². The zero-order valence-corrected chi connectivity index (χ0v) is 18.9. The van der Waals surface area contributed by atoms with Gasteiger partial charge in [0.1, 0.15) is 6.61 Å². The Morgan fingerprint density at radius 3 is 2.63 bits per heavy atom. The van der Waals surface area contributed by atoms with Crippen molar-refractivity contribution in [2.24, 2.45) is 5.92 Å². The van der Waals surface area contributed by atoms with E-state index in [-0.39, 0.29) is 11.7 Å². The molecule has 2 heterocycles. The van der Waals surface area contributed by atoms with Gasteiger partial charge >= 0.3 is 6.09 Å². The number of likely N-dealkylation sites (tertiary alicyclic amines) is 1. The third-order valence-electron chi connectivity index (χ3n) is 5.44. The number of carbonyl (C=O) groups excluding carboxylic acids is 2. The molecule has 1 aliphatic heterocycles. The fraction of sp³-hybridized carbons (Fsp3) is 0.304. The van der Waals surface area contributed by atoms with Crippen LogP contribution in [0.5, 0.6) is 0 Å². The summed E-state index contributed by atoms with van der Waals surface area (Å²) < 4.78 is 7.40. The van der Waals surface area contributed by atoms with Gasteiger partial charge in [0.2, 0.25) is 0 Å². The van der Waals surface area contributed by atoms with Crippen molar-refractivity contribution in [1.29, 1.82) is 0 Å². The number of ether oxygens (including phenoxy) is 1. The number of hydrogen-bond acceptors (Lipinski definition) is 5. The van der Waals surface area contributed by atoms with E-state index in [0.29, 0.717) is 13.2 Å². The Morgan fingerprint density at radius 1 is 1.10 bits per heavy atom. The van der Waals surface area contributed by atoms with Gasteiger partial charge in [0.15, 0.2) is 5.78 Å². The van der Waals surface area contributed by atoms with Crippen molar-refractivity contribution in [3.05, 3.63) is 63.9 Å². The first-order valence-corrected chi connectivity index (χ1v) is 11.7. The number of fused-ring (bicyclic) bond motifs is 1. The lowest BCUT2D eigenvalue weighted by Gasteiger charge is -2.31. The van der Waals surface area contributed by atoms with E-state index in [0.717, 1.165) is 51.7 Å². The first-order chi connectivity index (χ1) is 14.6. The van der Waals surface area contributed by atoms with Crippen LogP contribution in [0.15, 0.2) is 58.4 Å². The summed E-state index contributed by atoms with van der Waals surface area (Å²) in [6.07, 6.45) is 1.24. The number of halogens is 1. The quantitative estimate of drug-likeness (QED) is 0.446. The first kappa shape index (κ1) is 21.0. The second-order valence-corrected chi connectivity index (χ2v) is 9.22. The molecule has 1 aliphatic rings. The monoisotopic (exact) mass is 486 g/mol. The van der Waals surface area contributed by atoms with Crippen molar-refractivity contribution in [3.8, 4) is 0 Å². The Hall–Kier alpha value is -2.22. The fourth-order valence-corrected chi connectivity index (χ4v) is 4.91. The molecule has 0 bridgehead atoms. The molecule has 0 unspecified atom stereocenters. The summed E-state index contributed by atoms with van der Waals surface area (Å²) in [5, 5.41) is 5.95. The predicted octanol–water partition coefficient (Wildman–Crippen LogP) is 5.81. The largest absolute Gasteiger partial charge is 0.448 e. The van der Waals surface area contributed by atoms with Crippen LogP contribution in [0.2, 0.25) is 0 Å². The lowest BCUT2D eigenvalue weighted by Crippen LogP contribution is -2.38. The standard InChI is InChI=1S/C23H23BrN2O3S/c24-19-6-4-16(5-7-19)21(27)17-8-11-26(12-9-17)13-14-29-23(28)25-20-3-1-2-18-10-15-30-22(18)20/h1-7,10,15,17H,8-9,11-14H2,(H,25,28). The molecule has 7 heteroatoms. The molecule has 1 saturated heterocycles. The Labute approximate surface area is 188 Å². The summed E-state index contributed by atoms with van der Waals surface area (Å²) in [5.74, 6) is 0.290. The van der Waals surface area contributed by atoms with Crippen molar-refractivity contribution in [2.75, 3.05) is 31.6 Å². The topological polar surface area (TPSA) is 58.6 Å². The van der Waals surface area contributed by atoms with Gasteiger partial charge < -0.3 is 4.74 Å². The molecule has 0 aliphatic carbocycles. The lowest BCUT2D eigenvalue weighted by atomic mass is 9.89. The number of amides is 1. The van der Waals surface area contributed by atoms with Crippen LogP contribution >= 0.6 is 27.3 Å². The number of benzene rings is 2. The Bertz CT molecular complexity index is 1030. The van der Waals surface area contributed by atoms with Crippen molar-refractivity contribution in [3.63, 3.8) is 0 Å². The predicted molar refractivity (Wildman–Crippen MR) is 124 cm³/mol. The molecule has 1 amide bonds. The van der Waals surface area contributed by atoms with E-state index in [1.165, 1.54) is 0 Å². The van der Waals surface area contributed by atoms with Crippen molar-refractivity contribution in [2.45, 2.75) is 12.8 Å². The van der Waals surface area contributed by atoms with Crippen LogP contribution in [0.4, 0.5) is 10.5 Å². The maximum absolute atomic E-state index is 12.7. The zero-order chi connectivity index (χ0) is 20.9. The molecule has 0 saturated carbocycles. The van der Waals surface area contributed by atoms with Crippen LogP contribution in [0, 0.1) is 5.92 Å². The van der Waals surface area contributed by atoms with Gasteiger partial charge in [-0.05, 0) is 61.0 Å². The highest BCUT2D eigenvalue weighted by Gasteiger charge is 2.25. The summed E-state index contributed by atoms with van der Waals surface area (Å²) >= 11 is 5.00. The van der Waals surface area contributed by atoms with Gasteiger partial charge in [-0.25, -0.2) is 4.79 Å². The zero-order valence-electron chi connectivity index (χ0n) is 16.5. The van der Waals surface area contributed by atoms with Crippen LogP contribution in [0.3, 0.4) is 0 Å². The van der Waals surface area contributed by atoms with Gasteiger partial charge in [-0.15, -0.1) is 11.3 Å². The molecule has 0 spiro atoms. The van der Waals surface area contributed by atoms with E-state index in [9.17, 15) is 9.59 Å². The summed E-state index contributed by atoms with van der Waals surface area (Å²) in [4.78, 5) is 27.1. The third kappa shape index (κ3) is 5.09. The maximum atomic E-state index is 12.7. The average Bonchev–Trinajstić information content (AvgIpc) is 3.24. The molecule has 4 rings (SSSR count). The Balaban J connectivity index is 1.19. The molecule has 0 radical (unpaired) electrons. The summed E-state index contributed by atoms with van der Waals surface area (Å²) in [6.45, 7) is 2.69. The average molecular weight is 487 g/mol. The Kier molecular flexibility index (Phi) is 6.82. The fourth-order valence-electron chi connectivity index (χ4n) is 3.77. The number of nitrogens with zero attached hydrogens (tertiary/aromatic N) is 1. The molecule has 3 aromatic rings. The maximum Gasteiger partial charge on any atom is 0.411 e. The van der Waals surface area contributed by atoms with E-state index < -0.39 is 6.09 Å². The SMILES string of the molecule is O=C(Nc1cccc2ccsc12)OCCN1CCC(C(=O)c2ccc(Br)cc2)CC1. The lowest BCUT2D eigenvalue weighted by molar-refractivity contribution is 0.0813. The number of rotatable bonds is 6. The molecular weight excluding hydrogens is 464 g/mol. The van der Waals surface area contributed by atoms with Gasteiger partial charge in [0.05, 0.1) is 10.4 Å². The van der Waals surface area contributed by atoms with Crippen LogP contribution in [0.1, 0.15) is 23.2 Å². The molecule has 1 aromatic heterocycles. The van der Waals surface area contributed by atoms with E-state index in [2.05, 4.69) is 26.1 Å². The molecule has 1 N–H and O–H groups in total. The summed E-state index contributed by atoms with van der Waals surface area (Å²) in [5.41, 5.74) is 1.55. The molecule has 2 aromatic carbocycles. The second-order valence-electron chi connectivity index (χ2n) is 7.39. The van der Waals surface area contributed by atoms with Crippen LogP contribution in [0.25, 0.3) is 10.1 Å². The van der Waals surface area contributed by atoms with Crippen molar-refractivity contribution in [1.82, 2.24) is 4.90 Å². The van der Waals surface area contributed by atoms with E-state index >= 15 is 0 Å². The molecular formula is C23H23BrN2O3S. The van der Waals surface area contributed by atoms with Crippen LogP contribution < -0.4 is 5.32 Å². The van der Waals surface area contributed by atoms with Crippen molar-refractivity contribution < 1.29 is 14.3 Å². The minimum absolute atomic E-state index is 0.0675. The van der Waals surface area contributed by atoms with E-state index in [4.69, 9.17) is 4.74 Å². The van der Waals surface area contributed by atoms with Gasteiger partial charge in [0, 0.05) is 22.5 Å². The number of hydrogen-bond donors (Lipinski definition) is 1. The minimum atomic E-state index is -0.434. The third-order valence-corrected chi connectivity index (χ3v) is 6.94. The molecule has 30 heavy (non-hydrogen) atoms. The van der Waals surface area contributed by atoms with Crippen molar-refractivity contribution >= 4 is 54.9 Å². The molecule has 1 fully saturated rings. The van der Waals surface area contributed by atoms with Gasteiger partial charge in [0.25, 0.3) is 0 Å². The highest BCUT2D eigenvalue weighted by Crippen LogP contribution is 2.28. The number of thiophene rings is 1. The smallest absolute Gasteiger partial charge is 0.411 e. The van der Waals surface area contributed by atoms with Crippen LogP contribution in [-0.4, -0.2) is 43.0 Å². The highest BCUT2D eigenvalue weighted by atomic mass is 79.9. The summed E-state index contributed by atoms with van der Waals surface area (Å²) in [6, 6.07) is 15.4. The first-order valence-electron chi connectivity index (χ1n) is 10.0. The van der Waals surface area contributed by atoms with Gasteiger partial charge in [-0.1, -0.05) is 40.2 Å². The number of piperidine rings is 1. The number of Topliss-reactive ketones (excluding diaryl/α,β-unsaturated/α-hetero) is 1. The normalized spacial score (nSPS) is 15.2.